The first kappa shape index (κ1) is 15.9. The Morgan fingerprint density at radius 2 is 2.20 bits per heavy atom. The van der Waals surface area contributed by atoms with Gasteiger partial charge < -0.3 is 14.4 Å². The second kappa shape index (κ2) is 8.12. The Kier molecular flexibility index (Phi) is 6.48. The number of nitrogens with zero attached hydrogens (tertiary/aromatic N) is 1. The van der Waals surface area contributed by atoms with Crippen LogP contribution >= 0.6 is 27.3 Å². The van der Waals surface area contributed by atoms with Crippen molar-refractivity contribution in [2.75, 3.05) is 32.9 Å². The summed E-state index contributed by atoms with van der Waals surface area (Å²) >= 11 is 4.93. The number of thiophene rings is 1. The minimum Gasteiger partial charge on any atom is -0.379 e. The molecule has 0 bridgehead atoms. The number of amides is 1. The maximum absolute atomic E-state index is 12.3. The minimum absolute atomic E-state index is 0.125. The monoisotopic (exact) mass is 361 g/mol. The average Bonchev–Trinajstić information content (AvgIpc) is 2.90. The Morgan fingerprint density at radius 3 is 2.80 bits per heavy atom. The van der Waals surface area contributed by atoms with Crippen molar-refractivity contribution in [2.45, 2.75) is 25.9 Å². The van der Waals surface area contributed by atoms with Gasteiger partial charge in [0.05, 0.1) is 28.7 Å². The van der Waals surface area contributed by atoms with E-state index in [1.807, 2.05) is 23.3 Å². The quantitative estimate of drug-likeness (QED) is 0.730. The summed E-state index contributed by atoms with van der Waals surface area (Å²) in [7, 11) is 0. The molecule has 0 aliphatic carbocycles. The molecule has 0 saturated carbocycles. The molecule has 4 nitrogen and oxygen atoms in total. The largest absolute Gasteiger partial charge is 0.379 e. The minimum atomic E-state index is 0.125. The van der Waals surface area contributed by atoms with E-state index in [0.29, 0.717) is 13.2 Å². The molecule has 1 aromatic rings. The van der Waals surface area contributed by atoms with Crippen LogP contribution in [-0.2, 0) is 9.47 Å². The van der Waals surface area contributed by atoms with E-state index in [-0.39, 0.29) is 12.0 Å². The molecule has 112 valence electrons. The number of ether oxygens (including phenoxy) is 2. The van der Waals surface area contributed by atoms with Crippen LogP contribution in [0.4, 0.5) is 0 Å². The molecule has 0 spiro atoms. The molecule has 1 aliphatic rings. The summed E-state index contributed by atoms with van der Waals surface area (Å²) in [5.74, 6) is 0.125. The zero-order valence-electron chi connectivity index (χ0n) is 11.6. The number of rotatable bonds is 6. The van der Waals surface area contributed by atoms with E-state index in [4.69, 9.17) is 9.47 Å². The van der Waals surface area contributed by atoms with E-state index >= 15 is 0 Å². The highest BCUT2D eigenvalue weighted by Crippen LogP contribution is 2.23. The highest BCUT2D eigenvalue weighted by molar-refractivity contribution is 9.11. The van der Waals surface area contributed by atoms with Crippen LogP contribution in [-0.4, -0.2) is 49.8 Å². The van der Waals surface area contributed by atoms with Crippen molar-refractivity contribution in [3.63, 3.8) is 0 Å². The van der Waals surface area contributed by atoms with Gasteiger partial charge in [0.15, 0.2) is 0 Å². The predicted molar refractivity (Wildman–Crippen MR) is 83.4 cm³/mol. The van der Waals surface area contributed by atoms with E-state index in [9.17, 15) is 4.79 Å². The van der Waals surface area contributed by atoms with Crippen LogP contribution in [0.15, 0.2) is 15.2 Å². The van der Waals surface area contributed by atoms with Gasteiger partial charge in [0.2, 0.25) is 0 Å². The number of halogens is 1. The molecule has 20 heavy (non-hydrogen) atoms. The Hall–Kier alpha value is -0.430. The third-order valence-corrected chi connectivity index (χ3v) is 4.83. The molecule has 1 aliphatic heterocycles. The average molecular weight is 362 g/mol. The van der Waals surface area contributed by atoms with E-state index in [1.54, 1.807) is 11.3 Å². The van der Waals surface area contributed by atoms with Gasteiger partial charge in [0, 0.05) is 25.1 Å². The summed E-state index contributed by atoms with van der Waals surface area (Å²) in [6.45, 7) is 5.54. The topological polar surface area (TPSA) is 38.8 Å². The normalized spacial score (nSPS) is 16.6. The van der Waals surface area contributed by atoms with E-state index in [1.165, 1.54) is 0 Å². The molecular formula is C14H20BrNO3S. The number of hydrogen-bond donors (Lipinski definition) is 0. The third-order valence-electron chi connectivity index (χ3n) is 3.33. The summed E-state index contributed by atoms with van der Waals surface area (Å²) in [5.41, 5.74) is 0.776. The lowest BCUT2D eigenvalue weighted by atomic mass is 10.1. The van der Waals surface area contributed by atoms with E-state index in [2.05, 4.69) is 15.9 Å². The lowest BCUT2D eigenvalue weighted by Gasteiger charge is -2.31. The Balaban J connectivity index is 1.72. The van der Waals surface area contributed by atoms with Crippen molar-refractivity contribution in [3.8, 4) is 0 Å². The first-order valence-electron chi connectivity index (χ1n) is 6.93. The zero-order valence-corrected chi connectivity index (χ0v) is 14.0. The van der Waals surface area contributed by atoms with Gasteiger partial charge in [0.25, 0.3) is 5.91 Å². The molecule has 0 aromatic carbocycles. The summed E-state index contributed by atoms with van der Waals surface area (Å²) in [5, 5.41) is 1.90. The van der Waals surface area contributed by atoms with E-state index < -0.39 is 0 Å². The van der Waals surface area contributed by atoms with Crippen molar-refractivity contribution in [3.05, 3.63) is 20.8 Å². The fourth-order valence-electron chi connectivity index (χ4n) is 2.25. The number of carbonyl (C=O) groups excluding carboxylic acids is 1. The van der Waals surface area contributed by atoms with Crippen molar-refractivity contribution >= 4 is 33.2 Å². The zero-order chi connectivity index (χ0) is 14.4. The van der Waals surface area contributed by atoms with Gasteiger partial charge in [-0.15, -0.1) is 11.3 Å². The lowest BCUT2D eigenvalue weighted by Crippen LogP contribution is -2.41. The fourth-order valence-corrected chi connectivity index (χ4v) is 3.38. The Bertz CT molecular complexity index is 430. The molecule has 2 rings (SSSR count). The molecular weight excluding hydrogens is 342 g/mol. The molecule has 0 N–H and O–H groups in total. The first-order valence-corrected chi connectivity index (χ1v) is 8.60. The first-order chi connectivity index (χ1) is 9.70. The third kappa shape index (κ3) is 4.55. The molecule has 6 heteroatoms. The molecule has 1 fully saturated rings. The molecule has 2 heterocycles. The molecule has 1 amide bonds. The summed E-state index contributed by atoms with van der Waals surface area (Å²) in [4.78, 5) is 14.2. The smallest absolute Gasteiger partial charge is 0.254 e. The highest BCUT2D eigenvalue weighted by Gasteiger charge is 2.24. The van der Waals surface area contributed by atoms with Crippen molar-refractivity contribution in [1.82, 2.24) is 4.90 Å². The summed E-state index contributed by atoms with van der Waals surface area (Å²) < 4.78 is 12.0. The van der Waals surface area contributed by atoms with Crippen LogP contribution < -0.4 is 0 Å². The maximum atomic E-state index is 12.3. The molecule has 0 atom stereocenters. The van der Waals surface area contributed by atoms with Crippen molar-refractivity contribution in [1.29, 1.82) is 0 Å². The van der Waals surface area contributed by atoms with Crippen molar-refractivity contribution < 1.29 is 14.3 Å². The second-order valence-electron chi connectivity index (χ2n) is 4.70. The van der Waals surface area contributed by atoms with Gasteiger partial charge >= 0.3 is 0 Å². The summed E-state index contributed by atoms with van der Waals surface area (Å²) in [6, 6.07) is 1.89. The molecule has 1 saturated heterocycles. The van der Waals surface area contributed by atoms with Gasteiger partial charge in [-0.2, -0.15) is 0 Å². The van der Waals surface area contributed by atoms with Crippen LogP contribution in [0.5, 0.6) is 0 Å². The highest BCUT2D eigenvalue weighted by atomic mass is 79.9. The standard InChI is InChI=1S/C14H20BrNO3S/c1-2-18-7-8-19-12-3-5-16(6-4-12)14(17)11-9-13(15)20-10-11/h9-10,12H,2-8H2,1H3. The Labute approximate surface area is 132 Å². The van der Waals surface area contributed by atoms with Gasteiger partial charge in [-0.3, -0.25) is 4.79 Å². The van der Waals surface area contributed by atoms with Crippen LogP contribution in [0.25, 0.3) is 0 Å². The molecule has 0 unspecified atom stereocenters. The maximum Gasteiger partial charge on any atom is 0.254 e. The van der Waals surface area contributed by atoms with Gasteiger partial charge in [0.1, 0.15) is 0 Å². The Morgan fingerprint density at radius 1 is 1.45 bits per heavy atom. The van der Waals surface area contributed by atoms with Gasteiger partial charge in [-0.05, 0) is 41.8 Å². The number of hydrogen-bond acceptors (Lipinski definition) is 4. The summed E-state index contributed by atoms with van der Waals surface area (Å²) in [6.07, 6.45) is 2.07. The van der Waals surface area contributed by atoms with E-state index in [0.717, 1.165) is 41.9 Å². The number of piperidine rings is 1. The second-order valence-corrected chi connectivity index (χ2v) is 6.99. The lowest BCUT2D eigenvalue weighted by molar-refractivity contribution is -0.0182. The number of likely N-dealkylation sites (tertiary alicyclic amines) is 1. The number of carbonyl (C=O) groups is 1. The van der Waals surface area contributed by atoms with Gasteiger partial charge in [-0.25, -0.2) is 0 Å². The fraction of sp³-hybridized carbons (Fsp3) is 0.643. The SMILES string of the molecule is CCOCCOC1CCN(C(=O)c2csc(Br)c2)CC1. The van der Waals surface area contributed by atoms with Crippen LogP contribution in [0.1, 0.15) is 30.1 Å². The van der Waals surface area contributed by atoms with Crippen LogP contribution in [0.2, 0.25) is 0 Å². The molecule has 0 radical (unpaired) electrons. The molecule has 1 aromatic heterocycles. The van der Waals surface area contributed by atoms with Crippen LogP contribution in [0, 0.1) is 0 Å². The van der Waals surface area contributed by atoms with Crippen molar-refractivity contribution in [2.24, 2.45) is 0 Å². The predicted octanol–water partition coefficient (Wildman–Crippen LogP) is 3.17. The van der Waals surface area contributed by atoms with Crippen LogP contribution in [0.3, 0.4) is 0 Å². The van der Waals surface area contributed by atoms with Gasteiger partial charge in [-0.1, -0.05) is 0 Å².